The van der Waals surface area contributed by atoms with Crippen LogP contribution in [0.3, 0.4) is 0 Å². The van der Waals surface area contributed by atoms with Gasteiger partial charge in [0.05, 0.1) is 20.5 Å². The van der Waals surface area contributed by atoms with E-state index in [2.05, 4.69) is 159 Å². The summed E-state index contributed by atoms with van der Waals surface area (Å²) in [5, 5.41) is 7.36. The van der Waals surface area contributed by atoms with Crippen LogP contribution in [-0.2, 0) is 5.41 Å². The van der Waals surface area contributed by atoms with Crippen LogP contribution in [0.4, 0.5) is 0 Å². The predicted molar refractivity (Wildman–Crippen MR) is 185 cm³/mol. The van der Waals surface area contributed by atoms with E-state index >= 15 is 0 Å². The van der Waals surface area contributed by atoms with Crippen LogP contribution in [0.5, 0.6) is 0 Å². The Morgan fingerprint density at radius 2 is 1.18 bits per heavy atom. The Labute approximate surface area is 263 Å². The highest BCUT2D eigenvalue weighted by atomic mass is 16.3. The fourth-order valence-corrected chi connectivity index (χ4v) is 6.77. The van der Waals surface area contributed by atoms with Crippen LogP contribution in [0.15, 0.2) is 132 Å². The molecule has 0 aliphatic rings. The molecule has 0 saturated carbocycles. The molecule has 218 valence electrons. The third kappa shape index (κ3) is 4.50. The second-order valence-corrected chi connectivity index (χ2v) is 13.3. The fraction of sp³-hybridized carbons (Fsp3) is 0.143. The van der Waals surface area contributed by atoms with E-state index in [1.54, 1.807) is 0 Å². The van der Waals surface area contributed by atoms with Gasteiger partial charge in [0, 0.05) is 35.0 Å². The van der Waals surface area contributed by atoms with E-state index in [0.29, 0.717) is 0 Å². The van der Waals surface area contributed by atoms with Crippen molar-refractivity contribution >= 4 is 43.5 Å². The quantitative estimate of drug-likeness (QED) is 0.150. The Morgan fingerprint density at radius 3 is 2.02 bits per heavy atom. The van der Waals surface area contributed by atoms with Gasteiger partial charge in [0.15, 0.2) is 0 Å². The zero-order chi connectivity index (χ0) is 30.9. The van der Waals surface area contributed by atoms with Crippen LogP contribution in [0.2, 0.25) is 0 Å². The molecule has 3 aromatic heterocycles. The van der Waals surface area contributed by atoms with Crippen molar-refractivity contribution in [2.45, 2.75) is 40.0 Å². The van der Waals surface area contributed by atoms with Gasteiger partial charge < -0.3 is 4.42 Å². The van der Waals surface area contributed by atoms with Crippen molar-refractivity contribution in [3.05, 3.63) is 144 Å². The highest BCUT2D eigenvalue weighted by Crippen LogP contribution is 2.35. The molecule has 0 aliphatic heterocycles. The number of benzene rings is 5. The summed E-state index contributed by atoms with van der Waals surface area (Å²) in [6, 6.07) is 41.7. The smallest absolute Gasteiger partial charge is 0.284 e. The standard InChI is InChI=1S/C42H36N2O/c1-27-22-36-30(18-17-29-12-6-7-13-32(29)36)24-34(27)38-15-10-11-20-43(38)44-21-19-31(42(3,4)5)25-39(44)35-26-37-33-14-8-9-16-40(33)45-41(37)23-28(35)2/h6-26H,1-5H3/q+2. The molecule has 0 unspecified atom stereocenters. The van der Waals surface area contributed by atoms with Gasteiger partial charge in [-0.1, -0.05) is 75.4 Å². The SMILES string of the molecule is Cc1cc2c(ccc3ccccc32)cc1-c1cccc[n+]1-[n+]1ccc(C(C)(C)C)cc1-c1cc2c(cc1C)oc1ccccc12. The van der Waals surface area contributed by atoms with Crippen molar-refractivity contribution in [2.75, 3.05) is 0 Å². The molecule has 0 saturated heterocycles. The molecule has 0 spiro atoms. The molecule has 0 N–H and O–H groups in total. The summed E-state index contributed by atoms with van der Waals surface area (Å²) < 4.78 is 10.8. The van der Waals surface area contributed by atoms with Gasteiger partial charge in [0.1, 0.15) is 11.2 Å². The molecule has 5 aromatic carbocycles. The van der Waals surface area contributed by atoms with E-state index < -0.39 is 0 Å². The minimum Gasteiger partial charge on any atom is -0.456 e. The molecule has 3 heteroatoms. The van der Waals surface area contributed by atoms with Gasteiger partial charge in [0.2, 0.25) is 12.4 Å². The first kappa shape index (κ1) is 27.3. The molecule has 0 amide bonds. The lowest BCUT2D eigenvalue weighted by atomic mass is 9.86. The lowest BCUT2D eigenvalue weighted by molar-refractivity contribution is -1.29. The van der Waals surface area contributed by atoms with Crippen molar-refractivity contribution in [2.24, 2.45) is 0 Å². The maximum Gasteiger partial charge on any atom is 0.284 e. The topological polar surface area (TPSA) is 20.9 Å². The van der Waals surface area contributed by atoms with Gasteiger partial charge in [-0.15, -0.1) is 0 Å². The summed E-state index contributed by atoms with van der Waals surface area (Å²) in [5.74, 6) is 0. The number of nitrogens with zero attached hydrogens (tertiary/aromatic N) is 2. The first-order chi connectivity index (χ1) is 21.8. The molecule has 45 heavy (non-hydrogen) atoms. The summed E-state index contributed by atoms with van der Waals surface area (Å²) in [4.78, 5) is 0. The highest BCUT2D eigenvalue weighted by Gasteiger charge is 2.31. The van der Waals surface area contributed by atoms with Gasteiger partial charge in [-0.25, -0.2) is 0 Å². The van der Waals surface area contributed by atoms with Crippen LogP contribution in [0.1, 0.15) is 37.5 Å². The number of hydrogen-bond acceptors (Lipinski definition) is 1. The van der Waals surface area contributed by atoms with Crippen LogP contribution in [-0.4, -0.2) is 0 Å². The van der Waals surface area contributed by atoms with E-state index in [1.165, 1.54) is 49.4 Å². The predicted octanol–water partition coefficient (Wildman–Crippen LogP) is 10.0. The lowest BCUT2D eigenvalue weighted by Crippen LogP contribution is -2.68. The lowest BCUT2D eigenvalue weighted by Gasteiger charge is -2.18. The Balaban J connectivity index is 1.38. The number of pyridine rings is 2. The summed E-state index contributed by atoms with van der Waals surface area (Å²) in [5.41, 5.74) is 10.2. The molecular weight excluding hydrogens is 548 g/mol. The number of aromatic nitrogens is 2. The van der Waals surface area contributed by atoms with E-state index in [4.69, 9.17) is 4.42 Å². The second-order valence-electron chi connectivity index (χ2n) is 13.3. The third-order valence-corrected chi connectivity index (χ3v) is 9.24. The molecule has 3 nitrogen and oxygen atoms in total. The first-order valence-corrected chi connectivity index (χ1v) is 15.7. The number of furan rings is 1. The van der Waals surface area contributed by atoms with Gasteiger partial charge in [0.25, 0.3) is 11.4 Å². The molecule has 0 radical (unpaired) electrons. The number of aryl methyl sites for hydroxylation is 2. The maximum atomic E-state index is 6.26. The number of fused-ring (bicyclic) bond motifs is 6. The van der Waals surface area contributed by atoms with E-state index in [-0.39, 0.29) is 5.41 Å². The number of para-hydroxylation sites is 1. The van der Waals surface area contributed by atoms with Gasteiger partial charge >= 0.3 is 0 Å². The zero-order valence-electron chi connectivity index (χ0n) is 26.4. The summed E-state index contributed by atoms with van der Waals surface area (Å²) >= 11 is 0. The Bertz CT molecular complexity index is 2440. The van der Waals surface area contributed by atoms with Crippen LogP contribution >= 0.6 is 0 Å². The second kappa shape index (κ2) is 10.1. The Kier molecular flexibility index (Phi) is 6.15. The molecule has 0 atom stereocenters. The van der Waals surface area contributed by atoms with E-state index in [1.807, 2.05) is 12.1 Å². The first-order valence-electron chi connectivity index (χ1n) is 15.7. The Morgan fingerprint density at radius 1 is 0.489 bits per heavy atom. The van der Waals surface area contributed by atoms with Crippen molar-refractivity contribution in [3.8, 4) is 22.5 Å². The summed E-state index contributed by atoms with van der Waals surface area (Å²) in [6.45, 7) is 11.2. The van der Waals surface area contributed by atoms with Crippen molar-refractivity contribution in [3.63, 3.8) is 0 Å². The molecular formula is C42H36N2O+2. The van der Waals surface area contributed by atoms with Crippen LogP contribution in [0.25, 0.3) is 66.0 Å². The number of rotatable bonds is 3. The molecule has 0 aliphatic carbocycles. The minimum absolute atomic E-state index is 0.00389. The van der Waals surface area contributed by atoms with Crippen LogP contribution in [0, 0.1) is 13.8 Å². The minimum atomic E-state index is -0.00389. The normalized spacial score (nSPS) is 12.1. The molecule has 3 heterocycles. The molecule has 8 aromatic rings. The largest absolute Gasteiger partial charge is 0.456 e. The third-order valence-electron chi connectivity index (χ3n) is 9.24. The summed E-state index contributed by atoms with van der Waals surface area (Å²) in [6.07, 6.45) is 4.39. The Hall–Kier alpha value is -5.28. The maximum absolute atomic E-state index is 6.26. The number of hydrogen-bond donors (Lipinski definition) is 0. The fourth-order valence-electron chi connectivity index (χ4n) is 6.77. The zero-order valence-corrected chi connectivity index (χ0v) is 26.4. The molecule has 0 fully saturated rings. The van der Waals surface area contributed by atoms with Crippen molar-refractivity contribution in [1.29, 1.82) is 0 Å². The monoisotopic (exact) mass is 584 g/mol. The van der Waals surface area contributed by atoms with Crippen molar-refractivity contribution in [1.82, 2.24) is 0 Å². The highest BCUT2D eigenvalue weighted by molar-refractivity contribution is 6.09. The average Bonchev–Trinajstić information content (AvgIpc) is 3.40. The molecule has 8 rings (SSSR count). The van der Waals surface area contributed by atoms with Gasteiger partial charge in [-0.05, 0) is 93.9 Å². The van der Waals surface area contributed by atoms with Gasteiger partial charge in [-0.3, -0.25) is 0 Å². The van der Waals surface area contributed by atoms with Gasteiger partial charge in [-0.2, -0.15) is 0 Å². The van der Waals surface area contributed by atoms with Crippen LogP contribution < -0.4 is 9.35 Å². The summed E-state index contributed by atoms with van der Waals surface area (Å²) in [7, 11) is 0. The molecule has 0 bridgehead atoms. The average molecular weight is 585 g/mol. The van der Waals surface area contributed by atoms with E-state index in [0.717, 1.165) is 33.3 Å². The van der Waals surface area contributed by atoms with Crippen molar-refractivity contribution < 1.29 is 13.8 Å². The van der Waals surface area contributed by atoms with E-state index in [9.17, 15) is 0 Å².